The lowest BCUT2D eigenvalue weighted by molar-refractivity contribution is -0.113. The zero-order valence-electron chi connectivity index (χ0n) is 13.2. The minimum Gasteiger partial charge on any atom is -0.290 e. The van der Waals surface area contributed by atoms with Gasteiger partial charge in [-0.2, -0.15) is 0 Å². The third kappa shape index (κ3) is 2.56. The van der Waals surface area contributed by atoms with E-state index in [-0.39, 0.29) is 11.6 Å². The molecule has 0 amide bonds. The van der Waals surface area contributed by atoms with Crippen LogP contribution in [0.25, 0.3) is 21.5 Å². The van der Waals surface area contributed by atoms with E-state index in [9.17, 15) is 9.59 Å². The van der Waals surface area contributed by atoms with Crippen LogP contribution < -0.4 is 0 Å². The van der Waals surface area contributed by atoms with E-state index in [0.29, 0.717) is 0 Å². The number of carbonyl (C=O) groups is 2. The summed E-state index contributed by atoms with van der Waals surface area (Å²) in [5.74, 6) is -0.241. The highest BCUT2D eigenvalue weighted by Crippen LogP contribution is 2.36. The summed E-state index contributed by atoms with van der Waals surface area (Å²) in [7, 11) is 0. The molecular weight excluding hydrogens is 296 g/mol. The largest absolute Gasteiger partial charge is 0.290 e. The minimum absolute atomic E-state index is 0.121. The van der Waals surface area contributed by atoms with Crippen molar-refractivity contribution in [1.82, 2.24) is 0 Å². The summed E-state index contributed by atoms with van der Waals surface area (Å²) in [6.45, 7) is 0. The van der Waals surface area contributed by atoms with Crippen molar-refractivity contribution in [2.75, 3.05) is 0 Å². The number of hydrogen-bond acceptors (Lipinski definition) is 2. The highest BCUT2D eigenvalue weighted by Gasteiger charge is 2.16. The van der Waals surface area contributed by atoms with Crippen LogP contribution in [-0.2, 0) is 22.4 Å². The molecule has 2 aliphatic rings. The van der Waals surface area contributed by atoms with Crippen LogP contribution in [0.5, 0.6) is 0 Å². The molecule has 0 aromatic heterocycles. The first kappa shape index (κ1) is 14.6. The summed E-state index contributed by atoms with van der Waals surface area (Å²) in [6.07, 6.45) is 7.42. The molecule has 0 atom stereocenters. The normalized spacial score (nSPS) is 15.0. The van der Waals surface area contributed by atoms with Gasteiger partial charge in [-0.1, -0.05) is 42.5 Å². The van der Waals surface area contributed by atoms with E-state index >= 15 is 0 Å². The number of rotatable bonds is 0. The third-order valence-electron chi connectivity index (χ3n) is 4.55. The fourth-order valence-corrected chi connectivity index (χ4v) is 3.48. The Kier molecular flexibility index (Phi) is 3.58. The van der Waals surface area contributed by atoms with Gasteiger partial charge < -0.3 is 0 Å². The molecule has 0 aliphatic heterocycles. The van der Waals surface area contributed by atoms with E-state index < -0.39 is 0 Å². The zero-order valence-corrected chi connectivity index (χ0v) is 13.2. The molecule has 2 aliphatic carbocycles. The molecule has 2 nitrogen and oxygen atoms in total. The highest BCUT2D eigenvalue weighted by molar-refractivity contribution is 6.14. The smallest absolute Gasteiger partial charge is 0.178 e. The molecule has 0 fully saturated rings. The van der Waals surface area contributed by atoms with Gasteiger partial charge in [0, 0.05) is 0 Å². The number of fused-ring (bicyclic) bond motifs is 2. The van der Waals surface area contributed by atoms with E-state index in [1.807, 2.05) is 0 Å². The van der Waals surface area contributed by atoms with Crippen LogP contribution in [0, 0.1) is 0 Å². The van der Waals surface area contributed by atoms with Crippen molar-refractivity contribution < 1.29 is 9.59 Å². The summed E-state index contributed by atoms with van der Waals surface area (Å²) < 4.78 is 0. The molecule has 5 rings (SSSR count). The van der Waals surface area contributed by atoms with Gasteiger partial charge in [0.15, 0.2) is 11.6 Å². The molecule has 116 valence electrons. The maximum atomic E-state index is 10.3. The number of benzene rings is 3. The molecule has 0 N–H and O–H groups in total. The van der Waals surface area contributed by atoms with Crippen LogP contribution in [0.3, 0.4) is 0 Å². The number of ketones is 2. The van der Waals surface area contributed by atoms with Crippen LogP contribution in [0.2, 0.25) is 0 Å². The fraction of sp³-hybridized carbons (Fsp3) is 0.0909. The molecule has 0 bridgehead atoms. The average Bonchev–Trinajstić information content (AvgIpc) is 3.05. The Hall–Kier alpha value is -3.00. The summed E-state index contributed by atoms with van der Waals surface area (Å²) in [6, 6.07) is 17.8. The SMILES string of the molecule is O=C1C=CC(=O)C=C1.c1ccc2c3c4c(cccc4cc2c1)CC3. The Bertz CT molecular complexity index is 1000. The van der Waals surface area contributed by atoms with Crippen molar-refractivity contribution in [1.29, 1.82) is 0 Å². The van der Waals surface area contributed by atoms with Crippen molar-refractivity contribution in [2.45, 2.75) is 12.8 Å². The number of allylic oxidation sites excluding steroid dienone is 4. The lowest BCUT2D eigenvalue weighted by atomic mass is 9.98. The molecule has 0 radical (unpaired) electrons. The van der Waals surface area contributed by atoms with Crippen molar-refractivity contribution in [3.05, 3.63) is 84.0 Å². The molecule has 0 unspecified atom stereocenters. The Morgan fingerprint density at radius 2 is 1.33 bits per heavy atom. The molecule has 3 aromatic rings. The van der Waals surface area contributed by atoms with E-state index in [0.717, 1.165) is 0 Å². The maximum absolute atomic E-state index is 10.3. The first-order valence-electron chi connectivity index (χ1n) is 8.09. The van der Waals surface area contributed by atoms with Gasteiger partial charge in [0.25, 0.3) is 0 Å². The van der Waals surface area contributed by atoms with Crippen LogP contribution in [0.4, 0.5) is 0 Å². The predicted octanol–water partition coefficient (Wildman–Crippen LogP) is 4.34. The van der Waals surface area contributed by atoms with Crippen molar-refractivity contribution in [3.8, 4) is 0 Å². The maximum Gasteiger partial charge on any atom is 0.178 e. The van der Waals surface area contributed by atoms with Gasteiger partial charge in [-0.3, -0.25) is 9.59 Å². The minimum atomic E-state index is -0.121. The Morgan fingerprint density at radius 1 is 0.667 bits per heavy atom. The highest BCUT2D eigenvalue weighted by atomic mass is 16.1. The van der Waals surface area contributed by atoms with Crippen molar-refractivity contribution >= 4 is 33.1 Å². The van der Waals surface area contributed by atoms with E-state index in [4.69, 9.17) is 0 Å². The molecule has 0 saturated carbocycles. The van der Waals surface area contributed by atoms with Gasteiger partial charge in [0.05, 0.1) is 0 Å². The first-order valence-corrected chi connectivity index (χ1v) is 8.09. The molecule has 0 heterocycles. The topological polar surface area (TPSA) is 34.1 Å². The van der Waals surface area contributed by atoms with Gasteiger partial charge in [0.2, 0.25) is 0 Å². The summed E-state index contributed by atoms with van der Waals surface area (Å²) in [4.78, 5) is 20.6. The lowest BCUT2D eigenvalue weighted by Crippen LogP contribution is -1.97. The lowest BCUT2D eigenvalue weighted by Gasteiger charge is -2.06. The van der Waals surface area contributed by atoms with E-state index in [1.54, 1.807) is 5.56 Å². The summed E-state index contributed by atoms with van der Waals surface area (Å²) in [5, 5.41) is 5.74. The summed E-state index contributed by atoms with van der Waals surface area (Å²) >= 11 is 0. The first-order chi connectivity index (χ1) is 11.7. The fourth-order valence-electron chi connectivity index (χ4n) is 3.48. The van der Waals surface area contributed by atoms with Crippen LogP contribution in [0.1, 0.15) is 11.1 Å². The van der Waals surface area contributed by atoms with Gasteiger partial charge >= 0.3 is 0 Å². The van der Waals surface area contributed by atoms with Crippen molar-refractivity contribution in [2.24, 2.45) is 0 Å². The van der Waals surface area contributed by atoms with E-state index in [2.05, 4.69) is 48.5 Å². The van der Waals surface area contributed by atoms with E-state index in [1.165, 1.54) is 64.3 Å². The van der Waals surface area contributed by atoms with Gasteiger partial charge in [-0.25, -0.2) is 0 Å². The number of hydrogen-bond donors (Lipinski definition) is 0. The van der Waals surface area contributed by atoms with Crippen molar-refractivity contribution in [3.63, 3.8) is 0 Å². The monoisotopic (exact) mass is 312 g/mol. The zero-order chi connectivity index (χ0) is 16.5. The molecule has 24 heavy (non-hydrogen) atoms. The Balaban J connectivity index is 0.000000155. The van der Waals surface area contributed by atoms with Crippen LogP contribution in [-0.4, -0.2) is 11.6 Å². The molecule has 2 heteroatoms. The van der Waals surface area contributed by atoms with Crippen LogP contribution >= 0.6 is 0 Å². The van der Waals surface area contributed by atoms with Gasteiger partial charge in [-0.15, -0.1) is 0 Å². The second kappa shape index (κ2) is 5.89. The second-order valence-electron chi connectivity index (χ2n) is 6.06. The van der Waals surface area contributed by atoms with Gasteiger partial charge in [-0.05, 0) is 75.9 Å². The predicted molar refractivity (Wildman–Crippen MR) is 97.2 cm³/mol. The molecular formula is C22H16O2. The standard InChI is InChI=1S/C16H12.C6H4O2/c1-2-7-14-12(4-1)10-13-6-3-5-11-8-9-15(14)16(11)13;7-5-1-2-6(8)4-3-5/h1-7,10H,8-9H2;1-4H. The third-order valence-corrected chi connectivity index (χ3v) is 4.55. The molecule has 3 aromatic carbocycles. The summed E-state index contributed by atoms with van der Waals surface area (Å²) in [5.41, 5.74) is 3.09. The quantitative estimate of drug-likeness (QED) is 0.457. The van der Waals surface area contributed by atoms with Crippen LogP contribution in [0.15, 0.2) is 72.8 Å². The Morgan fingerprint density at radius 3 is 2.08 bits per heavy atom. The second-order valence-corrected chi connectivity index (χ2v) is 6.06. The average molecular weight is 312 g/mol. The Labute approximate surface area is 140 Å². The molecule has 0 spiro atoms. The molecule has 0 saturated heterocycles. The number of carbonyl (C=O) groups excluding carboxylic acids is 2. The van der Waals surface area contributed by atoms with Gasteiger partial charge in [0.1, 0.15) is 0 Å². The number of aryl methyl sites for hydroxylation is 2.